The maximum absolute atomic E-state index is 5.95. The van der Waals surface area contributed by atoms with E-state index in [0.29, 0.717) is 12.1 Å². The number of nitrogens with zero attached hydrogens (tertiary/aromatic N) is 2. The Morgan fingerprint density at radius 2 is 2.20 bits per heavy atom. The monoisotopic (exact) mass is 207 g/mol. The van der Waals surface area contributed by atoms with E-state index in [2.05, 4.69) is 29.7 Å². The minimum absolute atomic E-state index is 0.383. The minimum atomic E-state index is 0.383. The van der Waals surface area contributed by atoms with Crippen LogP contribution in [0.3, 0.4) is 0 Å². The van der Waals surface area contributed by atoms with E-state index in [1.165, 1.54) is 17.8 Å². The average Bonchev–Trinajstić information content (AvgIpc) is 2.82. The molecule has 1 saturated carbocycles. The first-order valence-corrected chi connectivity index (χ1v) is 6.07. The van der Waals surface area contributed by atoms with E-state index in [4.69, 9.17) is 5.73 Å². The van der Waals surface area contributed by atoms with Gasteiger partial charge in [-0.05, 0) is 38.2 Å². The van der Waals surface area contributed by atoms with Gasteiger partial charge in [0.1, 0.15) is 0 Å². The van der Waals surface area contributed by atoms with Crippen LogP contribution in [0.1, 0.15) is 50.5 Å². The highest BCUT2D eigenvalue weighted by atomic mass is 15.3. The van der Waals surface area contributed by atoms with Crippen LogP contribution in [0.2, 0.25) is 0 Å². The van der Waals surface area contributed by atoms with Crippen LogP contribution in [0.15, 0.2) is 6.07 Å². The summed E-state index contributed by atoms with van der Waals surface area (Å²) in [5.74, 6) is 0. The Bertz CT molecular complexity index is 330. The van der Waals surface area contributed by atoms with Crippen LogP contribution in [-0.2, 0) is 12.8 Å². The first kappa shape index (κ1) is 10.7. The van der Waals surface area contributed by atoms with Crippen molar-refractivity contribution >= 4 is 0 Å². The second kappa shape index (κ2) is 4.35. The van der Waals surface area contributed by atoms with Gasteiger partial charge in [-0.3, -0.25) is 4.68 Å². The van der Waals surface area contributed by atoms with Gasteiger partial charge in [0.15, 0.2) is 0 Å². The first-order chi connectivity index (χ1) is 7.24. The molecule has 0 aromatic carbocycles. The maximum atomic E-state index is 5.95. The van der Waals surface area contributed by atoms with Crippen LogP contribution in [0, 0.1) is 0 Å². The van der Waals surface area contributed by atoms with Gasteiger partial charge in [0.05, 0.1) is 11.7 Å². The minimum Gasteiger partial charge on any atom is -0.328 e. The first-order valence-electron chi connectivity index (χ1n) is 6.07. The van der Waals surface area contributed by atoms with E-state index in [0.717, 1.165) is 25.7 Å². The molecule has 1 heterocycles. The molecule has 0 bridgehead atoms. The largest absolute Gasteiger partial charge is 0.328 e. The van der Waals surface area contributed by atoms with E-state index >= 15 is 0 Å². The van der Waals surface area contributed by atoms with Crippen LogP contribution in [0.5, 0.6) is 0 Å². The van der Waals surface area contributed by atoms with Crippen molar-refractivity contribution in [1.29, 1.82) is 0 Å². The van der Waals surface area contributed by atoms with Crippen LogP contribution >= 0.6 is 0 Å². The van der Waals surface area contributed by atoms with E-state index in [9.17, 15) is 0 Å². The van der Waals surface area contributed by atoms with Crippen molar-refractivity contribution in [3.8, 4) is 0 Å². The molecule has 84 valence electrons. The van der Waals surface area contributed by atoms with Gasteiger partial charge in [0.2, 0.25) is 0 Å². The van der Waals surface area contributed by atoms with Gasteiger partial charge in [0, 0.05) is 11.7 Å². The molecule has 0 aliphatic heterocycles. The normalized spacial score (nSPS) is 26.1. The number of hydrogen-bond acceptors (Lipinski definition) is 2. The molecule has 1 aliphatic carbocycles. The van der Waals surface area contributed by atoms with Crippen molar-refractivity contribution < 1.29 is 0 Å². The van der Waals surface area contributed by atoms with Crippen LogP contribution in [0.4, 0.5) is 0 Å². The van der Waals surface area contributed by atoms with Crippen molar-refractivity contribution in [2.75, 3.05) is 0 Å². The molecule has 0 spiro atoms. The number of rotatable bonds is 3. The fraction of sp³-hybridized carbons (Fsp3) is 0.750. The van der Waals surface area contributed by atoms with Gasteiger partial charge in [0.25, 0.3) is 0 Å². The molecular formula is C12H21N3. The lowest BCUT2D eigenvalue weighted by atomic mass is 10.2. The maximum Gasteiger partial charge on any atom is 0.0624 e. The molecule has 2 unspecified atom stereocenters. The summed E-state index contributed by atoms with van der Waals surface area (Å²) in [6.45, 7) is 4.36. The zero-order valence-electron chi connectivity index (χ0n) is 9.74. The summed E-state index contributed by atoms with van der Waals surface area (Å²) in [7, 11) is 0. The lowest BCUT2D eigenvalue weighted by Gasteiger charge is -2.13. The fourth-order valence-corrected chi connectivity index (χ4v) is 2.46. The third kappa shape index (κ3) is 2.07. The second-order valence-corrected chi connectivity index (χ2v) is 4.51. The van der Waals surface area contributed by atoms with E-state index < -0.39 is 0 Å². The Labute approximate surface area is 91.7 Å². The van der Waals surface area contributed by atoms with Crippen LogP contribution in [-0.4, -0.2) is 15.8 Å². The molecule has 2 atom stereocenters. The Morgan fingerprint density at radius 1 is 1.40 bits per heavy atom. The molecule has 3 nitrogen and oxygen atoms in total. The Balaban J connectivity index is 2.22. The van der Waals surface area contributed by atoms with Crippen LogP contribution < -0.4 is 5.73 Å². The van der Waals surface area contributed by atoms with Gasteiger partial charge in [-0.2, -0.15) is 5.10 Å². The molecule has 2 N–H and O–H groups in total. The standard InChI is InChI=1S/C12H21N3/c1-3-10-8-11(4-2)15(14-10)12-6-5-9(13)7-12/h8-9,12H,3-7,13H2,1-2H3. The van der Waals surface area contributed by atoms with Crippen LogP contribution in [0.25, 0.3) is 0 Å². The molecule has 1 aromatic rings. The SMILES string of the molecule is CCc1cc(CC)n(C2CCC(N)C2)n1. The molecule has 3 heteroatoms. The Kier molecular flexibility index (Phi) is 3.10. The number of nitrogens with two attached hydrogens (primary N) is 1. The van der Waals surface area contributed by atoms with E-state index in [-0.39, 0.29) is 0 Å². The molecule has 0 saturated heterocycles. The van der Waals surface area contributed by atoms with Crippen molar-refractivity contribution in [2.24, 2.45) is 5.73 Å². The highest BCUT2D eigenvalue weighted by Crippen LogP contribution is 2.29. The van der Waals surface area contributed by atoms with Crippen molar-refractivity contribution in [2.45, 2.75) is 58.0 Å². The van der Waals surface area contributed by atoms with Gasteiger partial charge in [-0.25, -0.2) is 0 Å². The van der Waals surface area contributed by atoms with Crippen molar-refractivity contribution in [1.82, 2.24) is 9.78 Å². The number of hydrogen-bond donors (Lipinski definition) is 1. The van der Waals surface area contributed by atoms with Gasteiger partial charge >= 0.3 is 0 Å². The van der Waals surface area contributed by atoms with Crippen molar-refractivity contribution in [3.05, 3.63) is 17.5 Å². The molecule has 15 heavy (non-hydrogen) atoms. The molecule has 0 amide bonds. The fourth-order valence-electron chi connectivity index (χ4n) is 2.46. The summed E-state index contributed by atoms with van der Waals surface area (Å²) in [6.07, 6.45) is 5.53. The molecule has 1 aliphatic rings. The van der Waals surface area contributed by atoms with Gasteiger partial charge in [-0.15, -0.1) is 0 Å². The average molecular weight is 207 g/mol. The predicted molar refractivity (Wildman–Crippen MR) is 61.8 cm³/mol. The molecule has 1 fully saturated rings. The molecular weight excluding hydrogens is 186 g/mol. The number of aromatic nitrogens is 2. The quantitative estimate of drug-likeness (QED) is 0.824. The molecule has 1 aromatic heterocycles. The summed E-state index contributed by atoms with van der Waals surface area (Å²) in [5.41, 5.74) is 8.53. The topological polar surface area (TPSA) is 43.8 Å². The predicted octanol–water partition coefficient (Wildman–Crippen LogP) is 2.06. The smallest absolute Gasteiger partial charge is 0.0624 e. The lowest BCUT2D eigenvalue weighted by Crippen LogP contribution is -2.17. The third-order valence-electron chi connectivity index (χ3n) is 3.38. The zero-order chi connectivity index (χ0) is 10.8. The van der Waals surface area contributed by atoms with Gasteiger partial charge in [-0.1, -0.05) is 13.8 Å². The highest BCUT2D eigenvalue weighted by Gasteiger charge is 2.25. The summed E-state index contributed by atoms with van der Waals surface area (Å²) in [4.78, 5) is 0. The summed E-state index contributed by atoms with van der Waals surface area (Å²) in [5, 5.41) is 4.68. The third-order valence-corrected chi connectivity index (χ3v) is 3.38. The Morgan fingerprint density at radius 3 is 2.73 bits per heavy atom. The zero-order valence-corrected chi connectivity index (χ0v) is 9.74. The number of aryl methyl sites for hydroxylation is 2. The second-order valence-electron chi connectivity index (χ2n) is 4.51. The van der Waals surface area contributed by atoms with Crippen molar-refractivity contribution in [3.63, 3.8) is 0 Å². The summed E-state index contributed by atoms with van der Waals surface area (Å²) in [6, 6.07) is 3.17. The van der Waals surface area contributed by atoms with Gasteiger partial charge < -0.3 is 5.73 Å². The molecule has 2 rings (SSSR count). The highest BCUT2D eigenvalue weighted by molar-refractivity contribution is 5.11. The lowest BCUT2D eigenvalue weighted by molar-refractivity contribution is 0.443. The summed E-state index contributed by atoms with van der Waals surface area (Å²) >= 11 is 0. The molecule has 0 radical (unpaired) electrons. The van der Waals surface area contributed by atoms with E-state index in [1.54, 1.807) is 0 Å². The summed E-state index contributed by atoms with van der Waals surface area (Å²) < 4.78 is 2.23. The Hall–Kier alpha value is -0.830. The van der Waals surface area contributed by atoms with E-state index in [1.807, 2.05) is 0 Å².